The number of rotatable bonds is 3. The molecule has 2 aromatic heterocycles. The molecule has 2 heterocycles. The fraction of sp³-hybridized carbons (Fsp3) is 0.0588. The van der Waals surface area contributed by atoms with Gasteiger partial charge in [-0.1, -0.05) is 147 Å². The van der Waals surface area contributed by atoms with Gasteiger partial charge in [-0.05, 0) is 91.0 Å². The van der Waals surface area contributed by atoms with E-state index in [4.69, 9.17) is 0 Å². The van der Waals surface area contributed by atoms with Gasteiger partial charge in [0.1, 0.15) is 0 Å². The summed E-state index contributed by atoms with van der Waals surface area (Å²) >= 11 is 0. The van der Waals surface area contributed by atoms with Gasteiger partial charge in [0.05, 0.1) is 27.9 Å². The van der Waals surface area contributed by atoms with E-state index in [9.17, 15) is 0 Å². The standard InChI is InChI=1S/C51H34N2/c1-51(2)43-22-10-7-18-37(43)39-21-13-25-47(49(39)51)52(31-26-27-36-34-16-4-3-14-32(34)33-15-5-6-17-35(33)42(36)30-31)46-29-28-40-38-19-8-11-23-44(38)53-45-24-12-9-20-41(45)48(46)50(40)53/h3-30H,1-2H3. The third-order valence-corrected chi connectivity index (χ3v) is 12.3. The summed E-state index contributed by atoms with van der Waals surface area (Å²) in [5.74, 6) is 0. The van der Waals surface area contributed by atoms with Gasteiger partial charge in [0.2, 0.25) is 0 Å². The SMILES string of the molecule is CC1(C)c2ccccc2-c2cccc(N(c3ccc4c5ccccc5c5ccccc5c4c3)c3ccc4c5ccccc5n5c6ccccc6c3c45)c21. The van der Waals surface area contributed by atoms with E-state index in [1.807, 2.05) is 0 Å². The third-order valence-electron chi connectivity index (χ3n) is 12.3. The number of benzene rings is 9. The van der Waals surface area contributed by atoms with Crippen LogP contribution in [0.1, 0.15) is 25.0 Å². The van der Waals surface area contributed by atoms with Crippen LogP contribution in [-0.4, -0.2) is 4.40 Å². The topological polar surface area (TPSA) is 7.65 Å². The van der Waals surface area contributed by atoms with Crippen LogP contribution in [0.4, 0.5) is 17.1 Å². The normalized spacial score (nSPS) is 13.6. The summed E-state index contributed by atoms with van der Waals surface area (Å²) < 4.78 is 2.49. The largest absolute Gasteiger partial charge is 0.309 e. The summed E-state index contributed by atoms with van der Waals surface area (Å²) in [6, 6.07) is 63.4. The van der Waals surface area contributed by atoms with Gasteiger partial charge in [-0.25, -0.2) is 0 Å². The van der Waals surface area contributed by atoms with E-state index in [0.29, 0.717) is 0 Å². The lowest BCUT2D eigenvalue weighted by Gasteiger charge is -2.33. The Hall–Kier alpha value is -6.64. The Labute approximate surface area is 307 Å². The van der Waals surface area contributed by atoms with Gasteiger partial charge in [-0.2, -0.15) is 0 Å². The van der Waals surface area contributed by atoms with E-state index in [2.05, 4.69) is 193 Å². The predicted molar refractivity (Wildman–Crippen MR) is 226 cm³/mol. The zero-order valence-corrected chi connectivity index (χ0v) is 29.6. The number of anilines is 3. The summed E-state index contributed by atoms with van der Waals surface area (Å²) in [6.45, 7) is 4.80. The average molecular weight is 675 g/mol. The van der Waals surface area contributed by atoms with Crippen LogP contribution in [0.2, 0.25) is 0 Å². The lowest BCUT2D eigenvalue weighted by Crippen LogP contribution is -2.20. The molecule has 2 nitrogen and oxygen atoms in total. The van der Waals surface area contributed by atoms with Crippen molar-refractivity contribution in [2.45, 2.75) is 19.3 Å². The zero-order chi connectivity index (χ0) is 35.0. The Morgan fingerprint density at radius 3 is 1.70 bits per heavy atom. The van der Waals surface area contributed by atoms with E-state index in [0.717, 1.165) is 5.69 Å². The quantitative estimate of drug-likeness (QED) is 0.169. The van der Waals surface area contributed by atoms with Gasteiger partial charge in [0.25, 0.3) is 0 Å². The summed E-state index contributed by atoms with van der Waals surface area (Å²) in [5.41, 5.74) is 12.5. The van der Waals surface area contributed by atoms with Gasteiger partial charge in [-0.15, -0.1) is 0 Å². The van der Waals surface area contributed by atoms with Crippen molar-refractivity contribution < 1.29 is 0 Å². The van der Waals surface area contributed by atoms with Gasteiger partial charge in [0, 0.05) is 32.6 Å². The summed E-state index contributed by atoms with van der Waals surface area (Å²) in [7, 11) is 0. The number of hydrogen-bond acceptors (Lipinski definition) is 1. The molecule has 0 aliphatic heterocycles. The Kier molecular flexibility index (Phi) is 5.60. The summed E-state index contributed by atoms with van der Waals surface area (Å²) in [4.78, 5) is 2.58. The molecule has 0 saturated carbocycles. The highest BCUT2D eigenvalue weighted by molar-refractivity contribution is 6.28. The third kappa shape index (κ3) is 3.67. The molecule has 0 atom stereocenters. The minimum atomic E-state index is -0.197. The first-order chi connectivity index (χ1) is 26.1. The van der Waals surface area contributed by atoms with Crippen LogP contribution in [0.3, 0.4) is 0 Å². The molecule has 0 N–H and O–H groups in total. The Bertz CT molecular complexity index is 3290. The molecule has 248 valence electrons. The van der Waals surface area contributed by atoms with Gasteiger partial charge in [-0.3, -0.25) is 0 Å². The van der Waals surface area contributed by atoms with Crippen molar-refractivity contribution in [1.29, 1.82) is 0 Å². The van der Waals surface area contributed by atoms with Crippen LogP contribution >= 0.6 is 0 Å². The molecule has 53 heavy (non-hydrogen) atoms. The van der Waals surface area contributed by atoms with E-state index in [1.165, 1.54) is 104 Å². The van der Waals surface area contributed by atoms with Gasteiger partial charge >= 0.3 is 0 Å². The smallest absolute Gasteiger partial charge is 0.0641 e. The van der Waals surface area contributed by atoms with Crippen LogP contribution in [-0.2, 0) is 5.41 Å². The van der Waals surface area contributed by atoms with Crippen molar-refractivity contribution in [2.75, 3.05) is 4.90 Å². The molecule has 0 unspecified atom stereocenters. The van der Waals surface area contributed by atoms with E-state index in [-0.39, 0.29) is 5.41 Å². The number of hydrogen-bond donors (Lipinski definition) is 0. The maximum atomic E-state index is 2.58. The molecule has 1 aliphatic rings. The minimum absolute atomic E-state index is 0.197. The second kappa shape index (κ2) is 10.2. The molecular formula is C51H34N2. The summed E-state index contributed by atoms with van der Waals surface area (Å²) in [6.07, 6.45) is 0. The van der Waals surface area contributed by atoms with Crippen molar-refractivity contribution in [2.24, 2.45) is 0 Å². The molecule has 0 amide bonds. The van der Waals surface area contributed by atoms with Gasteiger partial charge < -0.3 is 9.30 Å². The Balaban J connectivity index is 1.25. The molecule has 0 bridgehead atoms. The lowest BCUT2D eigenvalue weighted by molar-refractivity contribution is 0.661. The Morgan fingerprint density at radius 1 is 0.415 bits per heavy atom. The number of nitrogens with zero attached hydrogens (tertiary/aromatic N) is 2. The Morgan fingerprint density at radius 2 is 0.962 bits per heavy atom. The molecule has 9 aromatic carbocycles. The molecule has 12 rings (SSSR count). The second-order valence-electron chi connectivity index (χ2n) is 15.3. The fourth-order valence-corrected chi connectivity index (χ4v) is 10.1. The van der Waals surface area contributed by atoms with Crippen molar-refractivity contribution in [3.05, 3.63) is 181 Å². The predicted octanol–water partition coefficient (Wildman–Crippen LogP) is 14.1. The van der Waals surface area contributed by atoms with Crippen LogP contribution in [0.25, 0.3) is 81.5 Å². The van der Waals surface area contributed by atoms with Gasteiger partial charge in [0.15, 0.2) is 0 Å². The average Bonchev–Trinajstić information content (AvgIpc) is 3.82. The highest BCUT2D eigenvalue weighted by atomic mass is 15.2. The molecule has 1 aliphatic carbocycles. The first-order valence-corrected chi connectivity index (χ1v) is 18.6. The highest BCUT2D eigenvalue weighted by Gasteiger charge is 2.39. The highest BCUT2D eigenvalue weighted by Crippen LogP contribution is 2.56. The monoisotopic (exact) mass is 674 g/mol. The van der Waals surface area contributed by atoms with Crippen molar-refractivity contribution in [3.8, 4) is 11.1 Å². The lowest BCUT2D eigenvalue weighted by atomic mass is 9.81. The van der Waals surface area contributed by atoms with Crippen LogP contribution in [0, 0.1) is 0 Å². The van der Waals surface area contributed by atoms with E-state index < -0.39 is 0 Å². The maximum absolute atomic E-state index is 2.58. The molecular weight excluding hydrogens is 641 g/mol. The minimum Gasteiger partial charge on any atom is -0.309 e. The number of para-hydroxylation sites is 2. The first-order valence-electron chi connectivity index (χ1n) is 18.6. The van der Waals surface area contributed by atoms with Crippen LogP contribution in [0.5, 0.6) is 0 Å². The van der Waals surface area contributed by atoms with Crippen molar-refractivity contribution >= 4 is 87.5 Å². The van der Waals surface area contributed by atoms with E-state index in [1.54, 1.807) is 0 Å². The summed E-state index contributed by atoms with van der Waals surface area (Å²) in [5, 5.41) is 12.8. The molecule has 0 fully saturated rings. The van der Waals surface area contributed by atoms with Crippen molar-refractivity contribution in [1.82, 2.24) is 4.40 Å². The maximum Gasteiger partial charge on any atom is 0.0641 e. The first kappa shape index (κ1) is 29.0. The molecule has 0 saturated heterocycles. The van der Waals surface area contributed by atoms with Crippen LogP contribution < -0.4 is 4.90 Å². The molecule has 2 heteroatoms. The van der Waals surface area contributed by atoms with E-state index >= 15 is 0 Å². The molecule has 0 spiro atoms. The zero-order valence-electron chi connectivity index (χ0n) is 29.6. The molecule has 0 radical (unpaired) electrons. The number of aromatic nitrogens is 1. The fourth-order valence-electron chi connectivity index (χ4n) is 10.1. The number of fused-ring (bicyclic) bond motifs is 15. The molecule has 11 aromatic rings. The second-order valence-corrected chi connectivity index (χ2v) is 15.3. The van der Waals surface area contributed by atoms with Crippen LogP contribution in [0.15, 0.2) is 170 Å². The van der Waals surface area contributed by atoms with Crippen molar-refractivity contribution in [3.63, 3.8) is 0 Å².